The Bertz CT molecular complexity index is 544. The summed E-state index contributed by atoms with van der Waals surface area (Å²) in [4.78, 5) is 21.9. The third-order valence-corrected chi connectivity index (χ3v) is 2.15. The average Bonchev–Trinajstić information content (AvgIpc) is 2.67. The lowest BCUT2D eigenvalue weighted by Crippen LogP contribution is -2.16. The number of aromatic amines is 2. The van der Waals surface area contributed by atoms with E-state index in [0.717, 1.165) is 0 Å². The van der Waals surface area contributed by atoms with Crippen LogP contribution in [0.1, 0.15) is 25.3 Å². The van der Waals surface area contributed by atoms with Crippen LogP contribution < -0.4 is 5.56 Å². The number of hydrogen-bond acceptors (Lipinski definition) is 5. The molecule has 0 fully saturated rings. The molecule has 0 spiro atoms. The molecule has 0 aliphatic heterocycles. The molecule has 7 nitrogen and oxygen atoms in total. The number of rotatable bonds is 2. The molecule has 3 N–H and O–H groups in total. The quantitative estimate of drug-likeness (QED) is 0.679. The third kappa shape index (κ3) is 1.67. The first-order valence-electron chi connectivity index (χ1n) is 4.78. The highest BCUT2D eigenvalue weighted by Crippen LogP contribution is 2.20. The Kier molecular flexibility index (Phi) is 2.43. The van der Waals surface area contributed by atoms with Gasteiger partial charge < -0.3 is 10.1 Å². The maximum absolute atomic E-state index is 11.7. The first kappa shape index (κ1) is 10.3. The van der Waals surface area contributed by atoms with Crippen LogP contribution in [0.15, 0.2) is 11.1 Å². The van der Waals surface area contributed by atoms with Crippen molar-refractivity contribution in [3.63, 3.8) is 0 Å². The van der Waals surface area contributed by atoms with E-state index < -0.39 is 0 Å². The SMILES string of the molecule is CC(C)c1c(O)nc(-c2ncn[nH]2)[nH]c1=O. The topological polar surface area (TPSA) is 108 Å². The summed E-state index contributed by atoms with van der Waals surface area (Å²) in [5, 5.41) is 15.8. The van der Waals surface area contributed by atoms with Crippen molar-refractivity contribution in [2.24, 2.45) is 0 Å². The molecule has 0 bridgehead atoms. The van der Waals surface area contributed by atoms with E-state index in [9.17, 15) is 9.90 Å². The molecule has 0 radical (unpaired) electrons. The molecule has 0 aliphatic carbocycles. The molecule has 0 saturated heterocycles. The van der Waals surface area contributed by atoms with Crippen molar-refractivity contribution >= 4 is 0 Å². The zero-order valence-corrected chi connectivity index (χ0v) is 8.85. The maximum atomic E-state index is 11.7. The van der Waals surface area contributed by atoms with Crippen molar-refractivity contribution in [1.29, 1.82) is 0 Å². The van der Waals surface area contributed by atoms with Gasteiger partial charge in [0.2, 0.25) is 5.88 Å². The van der Waals surface area contributed by atoms with Gasteiger partial charge in [-0.1, -0.05) is 13.8 Å². The fraction of sp³-hybridized carbons (Fsp3) is 0.333. The van der Waals surface area contributed by atoms with Crippen molar-refractivity contribution in [2.45, 2.75) is 19.8 Å². The van der Waals surface area contributed by atoms with Gasteiger partial charge in [-0.2, -0.15) is 10.1 Å². The predicted molar refractivity (Wildman–Crippen MR) is 56.0 cm³/mol. The Labute approximate surface area is 90.6 Å². The Morgan fingerprint density at radius 1 is 1.38 bits per heavy atom. The van der Waals surface area contributed by atoms with Gasteiger partial charge in [-0.3, -0.25) is 9.89 Å². The molecule has 2 aromatic rings. The van der Waals surface area contributed by atoms with Crippen molar-refractivity contribution in [3.05, 3.63) is 22.2 Å². The maximum Gasteiger partial charge on any atom is 0.258 e. The fourth-order valence-electron chi connectivity index (χ4n) is 1.42. The zero-order valence-electron chi connectivity index (χ0n) is 8.85. The highest BCUT2D eigenvalue weighted by atomic mass is 16.3. The highest BCUT2D eigenvalue weighted by molar-refractivity contribution is 5.44. The van der Waals surface area contributed by atoms with E-state index in [-0.39, 0.29) is 28.7 Å². The van der Waals surface area contributed by atoms with Crippen molar-refractivity contribution in [2.75, 3.05) is 0 Å². The van der Waals surface area contributed by atoms with Crippen molar-refractivity contribution in [1.82, 2.24) is 25.1 Å². The Balaban J connectivity index is 2.58. The Morgan fingerprint density at radius 3 is 2.62 bits per heavy atom. The van der Waals surface area contributed by atoms with E-state index in [1.54, 1.807) is 13.8 Å². The molecule has 0 aliphatic rings. The summed E-state index contributed by atoms with van der Waals surface area (Å²) in [7, 11) is 0. The molecule has 0 saturated carbocycles. The van der Waals surface area contributed by atoms with Crippen molar-refractivity contribution in [3.8, 4) is 17.5 Å². The summed E-state index contributed by atoms with van der Waals surface area (Å²) in [5.74, 6) is 0.109. The van der Waals surface area contributed by atoms with E-state index in [1.165, 1.54) is 6.33 Å². The Hall–Kier alpha value is -2.18. The molecular formula is C9H11N5O2. The summed E-state index contributed by atoms with van der Waals surface area (Å²) >= 11 is 0. The number of H-pyrrole nitrogens is 2. The molecular weight excluding hydrogens is 210 g/mol. The fourth-order valence-corrected chi connectivity index (χ4v) is 1.42. The molecule has 0 atom stereocenters. The second-order valence-corrected chi connectivity index (χ2v) is 3.64. The molecule has 7 heteroatoms. The van der Waals surface area contributed by atoms with Crippen molar-refractivity contribution < 1.29 is 5.11 Å². The first-order valence-corrected chi connectivity index (χ1v) is 4.78. The average molecular weight is 221 g/mol. The Morgan fingerprint density at radius 2 is 2.12 bits per heavy atom. The lowest BCUT2D eigenvalue weighted by Gasteiger charge is -2.06. The van der Waals surface area contributed by atoms with Gasteiger partial charge in [0.15, 0.2) is 11.6 Å². The van der Waals surface area contributed by atoms with Crippen LogP contribution in [0.25, 0.3) is 11.6 Å². The van der Waals surface area contributed by atoms with Gasteiger partial charge in [0, 0.05) is 0 Å². The van der Waals surface area contributed by atoms with Gasteiger partial charge in [-0.25, -0.2) is 4.98 Å². The van der Waals surface area contributed by atoms with Crippen LogP contribution in [0.4, 0.5) is 0 Å². The number of nitrogens with one attached hydrogen (secondary N) is 2. The molecule has 0 aromatic carbocycles. The minimum absolute atomic E-state index is 0.0972. The van der Waals surface area contributed by atoms with E-state index in [1.807, 2.05) is 0 Å². The van der Waals surface area contributed by atoms with Gasteiger partial charge in [-0.05, 0) is 5.92 Å². The molecule has 2 rings (SSSR count). The van der Waals surface area contributed by atoms with E-state index in [4.69, 9.17) is 0 Å². The summed E-state index contributed by atoms with van der Waals surface area (Å²) in [6, 6.07) is 0. The van der Waals surface area contributed by atoms with Gasteiger partial charge in [-0.15, -0.1) is 0 Å². The summed E-state index contributed by atoms with van der Waals surface area (Å²) in [6.45, 7) is 3.61. The number of aromatic nitrogens is 5. The monoisotopic (exact) mass is 221 g/mol. The van der Waals surface area contributed by atoms with E-state index in [0.29, 0.717) is 5.82 Å². The number of hydrogen-bond donors (Lipinski definition) is 3. The normalized spacial score (nSPS) is 10.9. The summed E-state index contributed by atoms with van der Waals surface area (Å²) in [5.41, 5.74) is -0.0998. The van der Waals surface area contributed by atoms with Gasteiger partial charge in [0.1, 0.15) is 6.33 Å². The van der Waals surface area contributed by atoms with Crippen LogP contribution >= 0.6 is 0 Å². The molecule has 0 unspecified atom stereocenters. The minimum Gasteiger partial charge on any atom is -0.493 e. The van der Waals surface area contributed by atoms with Gasteiger partial charge in [0.25, 0.3) is 5.56 Å². The molecule has 84 valence electrons. The van der Waals surface area contributed by atoms with E-state index in [2.05, 4.69) is 25.1 Å². The van der Waals surface area contributed by atoms with Crippen LogP contribution in [0.2, 0.25) is 0 Å². The first-order chi connectivity index (χ1) is 7.59. The zero-order chi connectivity index (χ0) is 11.7. The van der Waals surface area contributed by atoms with E-state index >= 15 is 0 Å². The smallest absolute Gasteiger partial charge is 0.258 e. The second kappa shape index (κ2) is 3.76. The van der Waals surface area contributed by atoms with Crippen LogP contribution in [0.3, 0.4) is 0 Å². The van der Waals surface area contributed by atoms with Gasteiger partial charge in [0.05, 0.1) is 5.56 Å². The highest BCUT2D eigenvalue weighted by Gasteiger charge is 2.15. The van der Waals surface area contributed by atoms with Crippen LogP contribution in [0, 0.1) is 0 Å². The standard InChI is InChI=1S/C9H11N5O2/c1-4(2)5-8(15)12-7(13-9(5)16)6-10-3-11-14-6/h3-4H,1-2H3,(H,10,11,14)(H2,12,13,15,16). The molecule has 2 heterocycles. The third-order valence-electron chi connectivity index (χ3n) is 2.15. The minimum atomic E-state index is -0.367. The molecule has 2 aromatic heterocycles. The predicted octanol–water partition coefficient (Wildman–Crippen LogP) is 0.384. The number of nitrogens with zero attached hydrogens (tertiary/aromatic N) is 3. The van der Waals surface area contributed by atoms with Crippen LogP contribution in [0.5, 0.6) is 5.88 Å². The molecule has 16 heavy (non-hydrogen) atoms. The summed E-state index contributed by atoms with van der Waals surface area (Å²) in [6.07, 6.45) is 1.29. The lowest BCUT2D eigenvalue weighted by molar-refractivity contribution is 0.440. The molecule has 0 amide bonds. The second-order valence-electron chi connectivity index (χ2n) is 3.64. The summed E-state index contributed by atoms with van der Waals surface area (Å²) < 4.78 is 0. The van der Waals surface area contributed by atoms with Crippen LogP contribution in [-0.4, -0.2) is 30.3 Å². The largest absolute Gasteiger partial charge is 0.493 e. The van der Waals surface area contributed by atoms with Crippen LogP contribution in [-0.2, 0) is 0 Å². The number of aromatic hydroxyl groups is 1. The lowest BCUT2D eigenvalue weighted by atomic mass is 10.1. The van der Waals surface area contributed by atoms with Gasteiger partial charge >= 0.3 is 0 Å².